The highest BCUT2D eigenvalue weighted by Gasteiger charge is 2.40. The van der Waals surface area contributed by atoms with Gasteiger partial charge < -0.3 is 24.1 Å². The molecule has 10 heteroatoms. The number of nitrogens with zero attached hydrogens (tertiary/aromatic N) is 2. The van der Waals surface area contributed by atoms with Crippen molar-refractivity contribution in [3.05, 3.63) is 53.1 Å². The molecule has 0 aromatic heterocycles. The lowest BCUT2D eigenvalue weighted by molar-refractivity contribution is 0.0696. The molecule has 35 heavy (non-hydrogen) atoms. The molecule has 0 fully saturated rings. The van der Waals surface area contributed by atoms with Crippen molar-refractivity contribution in [2.75, 3.05) is 32.8 Å². The fourth-order valence-corrected chi connectivity index (χ4v) is 4.34. The molecule has 0 saturated heterocycles. The van der Waals surface area contributed by atoms with E-state index < -0.39 is 24.2 Å². The number of carboxylic acids is 1. The lowest BCUT2D eigenvalue weighted by Gasteiger charge is -2.42. The van der Waals surface area contributed by atoms with Crippen LogP contribution in [0.4, 0.5) is 15.3 Å². The third-order valence-electron chi connectivity index (χ3n) is 5.93. The Morgan fingerprint density at radius 1 is 1.09 bits per heavy atom. The van der Waals surface area contributed by atoms with Crippen LogP contribution in [-0.4, -0.2) is 62.1 Å². The SMILES string of the molecule is CCOC(=O)N1c2cc(OC)c(OC)cc2[C@@H](N(Cc2cccc(C(=O)O)c2)C(=O)OC)C[C@H]1C. The summed E-state index contributed by atoms with van der Waals surface area (Å²) in [6.45, 7) is 3.90. The van der Waals surface area contributed by atoms with Gasteiger partial charge in [-0.2, -0.15) is 0 Å². The van der Waals surface area contributed by atoms with Crippen LogP contribution in [0.3, 0.4) is 0 Å². The maximum Gasteiger partial charge on any atom is 0.414 e. The maximum absolute atomic E-state index is 13.0. The van der Waals surface area contributed by atoms with Crippen LogP contribution in [0, 0.1) is 0 Å². The number of ether oxygens (including phenoxy) is 4. The quantitative estimate of drug-likeness (QED) is 0.610. The summed E-state index contributed by atoms with van der Waals surface area (Å²) in [5, 5.41) is 9.36. The van der Waals surface area contributed by atoms with E-state index in [0.29, 0.717) is 34.7 Å². The van der Waals surface area contributed by atoms with Crippen LogP contribution in [0.2, 0.25) is 0 Å². The standard InChI is InChI=1S/C25H30N2O8/c1-6-35-25(31)27-15(2)10-19(18-12-21(32-3)22(33-4)13-20(18)27)26(24(30)34-5)14-16-8-7-9-17(11-16)23(28)29/h7-9,11-13,15,19H,6,10,14H2,1-5H3,(H,28,29)/t15-,19+/m1/s1. The van der Waals surface area contributed by atoms with Crippen molar-refractivity contribution in [1.29, 1.82) is 0 Å². The fraction of sp³-hybridized carbons (Fsp3) is 0.400. The Kier molecular flexibility index (Phi) is 8.06. The Labute approximate surface area is 203 Å². The van der Waals surface area contributed by atoms with Crippen LogP contribution in [0.15, 0.2) is 36.4 Å². The molecular formula is C25H30N2O8. The zero-order valence-electron chi connectivity index (χ0n) is 20.4. The summed E-state index contributed by atoms with van der Waals surface area (Å²) in [6.07, 6.45) is -0.714. The molecule has 1 aliphatic heterocycles. The second kappa shape index (κ2) is 11.0. The highest BCUT2D eigenvalue weighted by atomic mass is 16.6. The molecular weight excluding hydrogens is 456 g/mol. The zero-order valence-corrected chi connectivity index (χ0v) is 20.4. The molecule has 188 valence electrons. The first-order valence-corrected chi connectivity index (χ1v) is 11.1. The summed E-state index contributed by atoms with van der Waals surface area (Å²) >= 11 is 0. The van der Waals surface area contributed by atoms with Gasteiger partial charge in [0.2, 0.25) is 0 Å². The Morgan fingerprint density at radius 2 is 1.77 bits per heavy atom. The predicted octanol–water partition coefficient (Wildman–Crippen LogP) is 4.47. The van der Waals surface area contributed by atoms with E-state index in [0.717, 1.165) is 0 Å². The number of amides is 2. The van der Waals surface area contributed by atoms with Crippen LogP contribution in [0.5, 0.6) is 11.5 Å². The molecule has 0 radical (unpaired) electrons. The van der Waals surface area contributed by atoms with Crippen molar-refractivity contribution in [2.45, 2.75) is 38.9 Å². The number of methoxy groups -OCH3 is 3. The summed E-state index contributed by atoms with van der Waals surface area (Å²) in [5.41, 5.74) is 1.91. The molecule has 1 heterocycles. The van der Waals surface area contributed by atoms with E-state index in [9.17, 15) is 19.5 Å². The Balaban J connectivity index is 2.14. The molecule has 3 rings (SSSR count). The van der Waals surface area contributed by atoms with E-state index in [1.807, 2.05) is 6.92 Å². The zero-order chi connectivity index (χ0) is 25.7. The van der Waals surface area contributed by atoms with Crippen molar-refractivity contribution >= 4 is 23.8 Å². The minimum absolute atomic E-state index is 0.0956. The number of hydrogen-bond acceptors (Lipinski definition) is 7. The Bertz CT molecular complexity index is 1100. The van der Waals surface area contributed by atoms with Gasteiger partial charge in [-0.1, -0.05) is 12.1 Å². The van der Waals surface area contributed by atoms with E-state index in [1.165, 1.54) is 43.3 Å². The normalized spacial score (nSPS) is 16.7. The van der Waals surface area contributed by atoms with E-state index in [2.05, 4.69) is 0 Å². The van der Waals surface area contributed by atoms with Gasteiger partial charge in [0.15, 0.2) is 11.5 Å². The van der Waals surface area contributed by atoms with Crippen LogP contribution in [0.1, 0.15) is 47.8 Å². The lowest BCUT2D eigenvalue weighted by Crippen LogP contribution is -2.47. The summed E-state index contributed by atoms with van der Waals surface area (Å²) in [7, 11) is 4.29. The highest BCUT2D eigenvalue weighted by Crippen LogP contribution is 2.46. The third kappa shape index (κ3) is 5.26. The number of carbonyl (C=O) groups excluding carboxylic acids is 2. The molecule has 2 atom stereocenters. The van der Waals surface area contributed by atoms with Gasteiger partial charge in [0.25, 0.3) is 0 Å². The van der Waals surface area contributed by atoms with Crippen molar-refractivity contribution in [3.8, 4) is 11.5 Å². The molecule has 0 spiro atoms. The second-order valence-electron chi connectivity index (χ2n) is 8.04. The van der Waals surface area contributed by atoms with Crippen molar-refractivity contribution in [1.82, 2.24) is 4.90 Å². The first-order chi connectivity index (χ1) is 16.7. The predicted molar refractivity (Wildman–Crippen MR) is 127 cm³/mol. The number of benzene rings is 2. The summed E-state index contributed by atoms with van der Waals surface area (Å²) < 4.78 is 21.3. The average molecular weight is 487 g/mol. The van der Waals surface area contributed by atoms with Crippen LogP contribution < -0.4 is 14.4 Å². The molecule has 2 aromatic carbocycles. The van der Waals surface area contributed by atoms with E-state index in [4.69, 9.17) is 18.9 Å². The van der Waals surface area contributed by atoms with Gasteiger partial charge in [-0.25, -0.2) is 14.4 Å². The molecule has 2 aromatic rings. The molecule has 1 N–H and O–H groups in total. The van der Waals surface area contributed by atoms with Crippen molar-refractivity contribution in [3.63, 3.8) is 0 Å². The molecule has 10 nitrogen and oxygen atoms in total. The Hall–Kier alpha value is -3.95. The first kappa shape index (κ1) is 25.7. The minimum Gasteiger partial charge on any atom is -0.493 e. The molecule has 1 aliphatic rings. The van der Waals surface area contributed by atoms with Crippen LogP contribution in [-0.2, 0) is 16.0 Å². The minimum atomic E-state index is -1.06. The molecule has 0 aliphatic carbocycles. The van der Waals surface area contributed by atoms with Gasteiger partial charge in [0, 0.05) is 24.2 Å². The maximum atomic E-state index is 13.0. The Morgan fingerprint density at radius 3 is 2.37 bits per heavy atom. The van der Waals surface area contributed by atoms with E-state index in [-0.39, 0.29) is 24.8 Å². The monoisotopic (exact) mass is 486 g/mol. The largest absolute Gasteiger partial charge is 0.493 e. The number of rotatable bonds is 7. The van der Waals surface area contributed by atoms with E-state index >= 15 is 0 Å². The van der Waals surface area contributed by atoms with Crippen molar-refractivity contribution < 1.29 is 38.4 Å². The molecule has 2 amide bonds. The topological polar surface area (TPSA) is 115 Å². The van der Waals surface area contributed by atoms with E-state index in [1.54, 1.807) is 31.2 Å². The summed E-state index contributed by atoms with van der Waals surface area (Å²) in [5.74, 6) is -0.200. The van der Waals surface area contributed by atoms with Gasteiger partial charge in [-0.05, 0) is 44.0 Å². The van der Waals surface area contributed by atoms with Crippen LogP contribution >= 0.6 is 0 Å². The number of anilines is 1. The number of carboxylic acid groups (broad SMARTS) is 1. The number of fused-ring (bicyclic) bond motifs is 1. The smallest absolute Gasteiger partial charge is 0.414 e. The number of hydrogen-bond donors (Lipinski definition) is 1. The number of aromatic carboxylic acids is 1. The molecule has 0 bridgehead atoms. The molecule has 0 saturated carbocycles. The highest BCUT2D eigenvalue weighted by molar-refractivity contribution is 5.91. The summed E-state index contributed by atoms with van der Waals surface area (Å²) in [6, 6.07) is 8.96. The average Bonchev–Trinajstić information content (AvgIpc) is 2.85. The number of carbonyl (C=O) groups is 3. The van der Waals surface area contributed by atoms with Gasteiger partial charge in [-0.3, -0.25) is 9.80 Å². The first-order valence-electron chi connectivity index (χ1n) is 11.1. The van der Waals surface area contributed by atoms with Crippen LogP contribution in [0.25, 0.3) is 0 Å². The third-order valence-corrected chi connectivity index (χ3v) is 5.93. The summed E-state index contributed by atoms with van der Waals surface area (Å²) in [4.78, 5) is 40.3. The fourth-order valence-electron chi connectivity index (χ4n) is 4.34. The molecule has 0 unspecified atom stereocenters. The van der Waals surface area contributed by atoms with Gasteiger partial charge in [-0.15, -0.1) is 0 Å². The van der Waals surface area contributed by atoms with Gasteiger partial charge >= 0.3 is 18.2 Å². The van der Waals surface area contributed by atoms with Gasteiger partial charge in [0.05, 0.1) is 45.2 Å². The van der Waals surface area contributed by atoms with Gasteiger partial charge in [0.1, 0.15) is 0 Å². The lowest BCUT2D eigenvalue weighted by atomic mass is 9.90. The second-order valence-corrected chi connectivity index (χ2v) is 8.04. The van der Waals surface area contributed by atoms with Crippen molar-refractivity contribution in [2.24, 2.45) is 0 Å².